The quantitative estimate of drug-likeness (QED) is 0.818. The average molecular weight is 245 g/mol. The second-order valence-electron chi connectivity index (χ2n) is 4.91. The molecule has 2 rings (SSSR count). The first-order valence-electron chi connectivity index (χ1n) is 6.50. The lowest BCUT2D eigenvalue weighted by molar-refractivity contribution is -0.134. The highest BCUT2D eigenvalue weighted by molar-refractivity contribution is 5.83. The standard InChI is InChI=1S/C15H19NO2/c1-12-2-4-13(5-3-12)6-7-15(18)16-10-8-14(17)9-11-16/h2-5H,6-11H2,1H3. The number of Topliss-reactive ketones (excluding diaryl/α,β-unsaturated/α-hetero) is 1. The monoisotopic (exact) mass is 245 g/mol. The lowest BCUT2D eigenvalue weighted by Crippen LogP contribution is -2.38. The SMILES string of the molecule is Cc1ccc(CCC(=O)N2CCC(=O)CC2)cc1. The van der Waals surface area contributed by atoms with E-state index in [1.165, 1.54) is 11.1 Å². The second-order valence-corrected chi connectivity index (χ2v) is 4.91. The van der Waals surface area contributed by atoms with Crippen LogP contribution in [-0.4, -0.2) is 29.7 Å². The first-order valence-corrected chi connectivity index (χ1v) is 6.50. The van der Waals surface area contributed by atoms with Gasteiger partial charge >= 0.3 is 0 Å². The molecule has 1 aromatic rings. The molecule has 0 spiro atoms. The number of piperidine rings is 1. The maximum atomic E-state index is 12.0. The number of benzene rings is 1. The number of hydrogen-bond donors (Lipinski definition) is 0. The van der Waals surface area contributed by atoms with Gasteiger partial charge in [-0.05, 0) is 18.9 Å². The van der Waals surface area contributed by atoms with Gasteiger partial charge < -0.3 is 4.90 Å². The number of amides is 1. The van der Waals surface area contributed by atoms with Gasteiger partial charge in [0.1, 0.15) is 5.78 Å². The van der Waals surface area contributed by atoms with Gasteiger partial charge in [0.2, 0.25) is 5.91 Å². The van der Waals surface area contributed by atoms with Crippen LogP contribution in [0.1, 0.15) is 30.4 Å². The van der Waals surface area contributed by atoms with Gasteiger partial charge in [-0.2, -0.15) is 0 Å². The largest absolute Gasteiger partial charge is 0.342 e. The molecule has 18 heavy (non-hydrogen) atoms. The van der Waals surface area contributed by atoms with Crippen LogP contribution in [0.3, 0.4) is 0 Å². The maximum Gasteiger partial charge on any atom is 0.222 e. The van der Waals surface area contributed by atoms with Crippen LogP contribution in [0.2, 0.25) is 0 Å². The molecule has 96 valence electrons. The molecule has 3 heteroatoms. The van der Waals surface area contributed by atoms with Crippen LogP contribution in [0.25, 0.3) is 0 Å². The molecule has 0 aliphatic carbocycles. The van der Waals surface area contributed by atoms with Crippen molar-refractivity contribution in [3.05, 3.63) is 35.4 Å². The number of hydrogen-bond acceptors (Lipinski definition) is 2. The van der Waals surface area contributed by atoms with E-state index >= 15 is 0 Å². The highest BCUT2D eigenvalue weighted by Crippen LogP contribution is 2.10. The van der Waals surface area contributed by atoms with Gasteiger partial charge in [-0.3, -0.25) is 9.59 Å². The van der Waals surface area contributed by atoms with E-state index in [0.717, 1.165) is 6.42 Å². The van der Waals surface area contributed by atoms with Crippen LogP contribution in [0, 0.1) is 6.92 Å². The minimum atomic E-state index is 0.170. The summed E-state index contributed by atoms with van der Waals surface area (Å²) in [5, 5.41) is 0. The number of likely N-dealkylation sites (tertiary alicyclic amines) is 1. The van der Waals surface area contributed by atoms with Crippen molar-refractivity contribution in [2.45, 2.75) is 32.6 Å². The summed E-state index contributed by atoms with van der Waals surface area (Å²) in [6, 6.07) is 8.28. The van der Waals surface area contributed by atoms with E-state index in [1.807, 2.05) is 4.90 Å². The van der Waals surface area contributed by atoms with E-state index in [0.29, 0.717) is 32.4 Å². The maximum absolute atomic E-state index is 12.0. The summed E-state index contributed by atoms with van der Waals surface area (Å²) in [4.78, 5) is 24.9. The number of carbonyl (C=O) groups is 2. The molecule has 1 amide bonds. The minimum absolute atomic E-state index is 0.170. The van der Waals surface area contributed by atoms with Crippen molar-refractivity contribution >= 4 is 11.7 Å². The highest BCUT2D eigenvalue weighted by atomic mass is 16.2. The summed E-state index contributed by atoms with van der Waals surface area (Å²) in [6.45, 7) is 3.26. The molecule has 1 aliphatic heterocycles. The molecular formula is C15H19NO2. The number of rotatable bonds is 3. The molecule has 0 bridgehead atoms. The lowest BCUT2D eigenvalue weighted by Gasteiger charge is -2.26. The smallest absolute Gasteiger partial charge is 0.222 e. The topological polar surface area (TPSA) is 37.4 Å². The molecule has 0 saturated carbocycles. The van der Waals surface area contributed by atoms with Gasteiger partial charge in [0.25, 0.3) is 0 Å². The Bertz CT molecular complexity index is 426. The average Bonchev–Trinajstić information content (AvgIpc) is 2.38. The number of ketones is 1. The van der Waals surface area contributed by atoms with Gasteiger partial charge in [0.15, 0.2) is 0 Å². The number of aryl methyl sites for hydroxylation is 2. The Labute approximate surface area is 108 Å². The van der Waals surface area contributed by atoms with Crippen molar-refractivity contribution in [1.29, 1.82) is 0 Å². The molecule has 3 nitrogen and oxygen atoms in total. The minimum Gasteiger partial charge on any atom is -0.342 e. The van der Waals surface area contributed by atoms with Gasteiger partial charge in [-0.25, -0.2) is 0 Å². The van der Waals surface area contributed by atoms with E-state index < -0.39 is 0 Å². The molecule has 0 atom stereocenters. The van der Waals surface area contributed by atoms with Crippen LogP contribution in [-0.2, 0) is 16.0 Å². The van der Waals surface area contributed by atoms with Crippen molar-refractivity contribution in [2.24, 2.45) is 0 Å². The predicted molar refractivity (Wildman–Crippen MR) is 70.3 cm³/mol. The third kappa shape index (κ3) is 3.42. The zero-order valence-electron chi connectivity index (χ0n) is 10.8. The third-order valence-electron chi connectivity index (χ3n) is 3.42. The van der Waals surface area contributed by atoms with Crippen LogP contribution in [0.5, 0.6) is 0 Å². The third-order valence-corrected chi connectivity index (χ3v) is 3.42. The number of nitrogens with zero attached hydrogens (tertiary/aromatic N) is 1. The summed E-state index contributed by atoms with van der Waals surface area (Å²) in [7, 11) is 0. The van der Waals surface area contributed by atoms with E-state index in [4.69, 9.17) is 0 Å². The lowest BCUT2D eigenvalue weighted by atomic mass is 10.1. The van der Waals surface area contributed by atoms with E-state index in [2.05, 4.69) is 31.2 Å². The Kier molecular flexibility index (Phi) is 4.13. The Morgan fingerprint density at radius 2 is 1.78 bits per heavy atom. The van der Waals surface area contributed by atoms with Gasteiger partial charge in [0, 0.05) is 32.4 Å². The molecule has 0 aromatic heterocycles. The molecule has 0 N–H and O–H groups in total. The van der Waals surface area contributed by atoms with Gasteiger partial charge in [0.05, 0.1) is 0 Å². The zero-order valence-corrected chi connectivity index (χ0v) is 10.8. The van der Waals surface area contributed by atoms with Crippen molar-refractivity contribution in [1.82, 2.24) is 4.90 Å². The fraction of sp³-hybridized carbons (Fsp3) is 0.467. The van der Waals surface area contributed by atoms with Crippen LogP contribution >= 0.6 is 0 Å². The van der Waals surface area contributed by atoms with Gasteiger partial charge in [-0.1, -0.05) is 29.8 Å². The molecular weight excluding hydrogens is 226 g/mol. The second kappa shape index (κ2) is 5.80. The Balaban J connectivity index is 1.81. The zero-order chi connectivity index (χ0) is 13.0. The fourth-order valence-electron chi connectivity index (χ4n) is 2.17. The van der Waals surface area contributed by atoms with Crippen molar-refractivity contribution < 1.29 is 9.59 Å². The van der Waals surface area contributed by atoms with Crippen molar-refractivity contribution in [3.8, 4) is 0 Å². The molecule has 1 aromatic carbocycles. The fourth-order valence-corrected chi connectivity index (χ4v) is 2.17. The Morgan fingerprint density at radius 1 is 1.17 bits per heavy atom. The molecule has 0 radical (unpaired) electrons. The Hall–Kier alpha value is -1.64. The molecule has 1 saturated heterocycles. The summed E-state index contributed by atoms with van der Waals surface area (Å²) in [6.07, 6.45) is 2.37. The van der Waals surface area contributed by atoms with Crippen molar-refractivity contribution in [2.75, 3.05) is 13.1 Å². The summed E-state index contributed by atoms with van der Waals surface area (Å²) in [5.74, 6) is 0.445. The molecule has 1 aliphatic rings. The first kappa shape index (κ1) is 12.8. The Morgan fingerprint density at radius 3 is 2.39 bits per heavy atom. The molecule has 1 heterocycles. The molecule has 0 unspecified atom stereocenters. The van der Waals surface area contributed by atoms with Gasteiger partial charge in [-0.15, -0.1) is 0 Å². The number of carbonyl (C=O) groups excluding carboxylic acids is 2. The van der Waals surface area contributed by atoms with E-state index in [-0.39, 0.29) is 11.7 Å². The van der Waals surface area contributed by atoms with Crippen LogP contribution < -0.4 is 0 Å². The van der Waals surface area contributed by atoms with Crippen molar-refractivity contribution in [3.63, 3.8) is 0 Å². The molecule has 1 fully saturated rings. The van der Waals surface area contributed by atoms with Crippen LogP contribution in [0.4, 0.5) is 0 Å². The van der Waals surface area contributed by atoms with E-state index in [9.17, 15) is 9.59 Å². The first-order chi connectivity index (χ1) is 8.65. The normalized spacial score (nSPS) is 15.8. The van der Waals surface area contributed by atoms with Crippen LogP contribution in [0.15, 0.2) is 24.3 Å². The van der Waals surface area contributed by atoms with E-state index in [1.54, 1.807) is 0 Å². The summed E-state index contributed by atoms with van der Waals surface area (Å²) < 4.78 is 0. The highest BCUT2D eigenvalue weighted by Gasteiger charge is 2.20. The summed E-state index contributed by atoms with van der Waals surface area (Å²) >= 11 is 0. The predicted octanol–water partition coefficient (Wildman–Crippen LogP) is 2.12. The summed E-state index contributed by atoms with van der Waals surface area (Å²) in [5.41, 5.74) is 2.43.